The van der Waals surface area contributed by atoms with Gasteiger partial charge in [0.05, 0.1) is 0 Å². The second-order valence-corrected chi connectivity index (χ2v) is 5.61. The van der Waals surface area contributed by atoms with Crippen LogP contribution in [-0.4, -0.2) is 25.7 Å². The summed E-state index contributed by atoms with van der Waals surface area (Å²) < 4.78 is 6.08. The monoisotopic (exact) mass is 312 g/mol. The first-order valence-corrected chi connectivity index (χ1v) is 7.72. The van der Waals surface area contributed by atoms with Crippen molar-refractivity contribution in [3.63, 3.8) is 0 Å². The van der Waals surface area contributed by atoms with E-state index in [1.54, 1.807) is 18.3 Å². The van der Waals surface area contributed by atoms with E-state index in [1.807, 2.05) is 6.07 Å². The first-order valence-electron chi connectivity index (χ1n) is 5.65. The fraction of sp³-hybridized carbons (Fsp3) is 0.167. The summed E-state index contributed by atoms with van der Waals surface area (Å²) in [5.41, 5.74) is 0. The van der Waals surface area contributed by atoms with Crippen LogP contribution in [0, 0.1) is 0 Å². The Balaban J connectivity index is 1.89. The summed E-state index contributed by atoms with van der Waals surface area (Å²) in [6.07, 6.45) is 1.64. The van der Waals surface area contributed by atoms with E-state index in [9.17, 15) is 15.0 Å². The lowest BCUT2D eigenvalue weighted by atomic mass is 10.3. The van der Waals surface area contributed by atoms with Crippen LogP contribution in [0.15, 0.2) is 41.6 Å². The molecule has 0 saturated heterocycles. The van der Waals surface area contributed by atoms with Crippen LogP contribution in [0.3, 0.4) is 0 Å². The Morgan fingerprint density at radius 1 is 1.30 bits per heavy atom. The van der Waals surface area contributed by atoms with Crippen molar-refractivity contribution < 1.29 is 19.2 Å². The van der Waals surface area contributed by atoms with Crippen molar-refractivity contribution in [2.45, 2.75) is 18.0 Å². The Hall–Kier alpha value is -1.80. The minimum Gasteiger partial charge on any atom is -0.494 e. The van der Waals surface area contributed by atoms with Crippen LogP contribution in [0.25, 0.3) is 0 Å². The fourth-order valence-corrected chi connectivity index (χ4v) is 2.84. The second kappa shape index (κ2) is 6.58. The van der Waals surface area contributed by atoms with Crippen molar-refractivity contribution in [2.75, 3.05) is 0 Å². The molecule has 0 saturated carbocycles. The largest absolute Gasteiger partial charge is 0.494 e. The van der Waals surface area contributed by atoms with E-state index in [1.165, 1.54) is 29.9 Å². The van der Waals surface area contributed by atoms with Gasteiger partial charge in [0.2, 0.25) is 0 Å². The number of hydrogen-bond acceptors (Lipinski definition) is 7. The smallest absolute Gasteiger partial charge is 0.341 e. The third-order valence-corrected chi connectivity index (χ3v) is 4.11. The number of nitrogens with zero attached hydrogens (tertiary/aromatic N) is 2. The van der Waals surface area contributed by atoms with Crippen LogP contribution in [0.5, 0.6) is 11.8 Å². The molecule has 1 unspecified atom stereocenters. The van der Waals surface area contributed by atoms with Gasteiger partial charge in [-0.2, -0.15) is 0 Å². The van der Waals surface area contributed by atoms with Gasteiger partial charge in [-0.3, -0.25) is 4.57 Å². The number of rotatable bonds is 5. The second-order valence-electron chi connectivity index (χ2n) is 3.82. The van der Waals surface area contributed by atoms with Crippen LogP contribution in [-0.2, 0) is 8.98 Å². The minimum atomic E-state index is -0.832. The lowest BCUT2D eigenvalue weighted by Crippen LogP contribution is -2.16. The molecule has 0 bridgehead atoms. The van der Waals surface area contributed by atoms with Gasteiger partial charge in [-0.05, 0) is 19.1 Å². The van der Waals surface area contributed by atoms with Gasteiger partial charge in [-0.25, -0.2) is 9.78 Å². The lowest BCUT2D eigenvalue weighted by Gasteiger charge is -2.13. The summed E-state index contributed by atoms with van der Waals surface area (Å²) in [7, 11) is 1.20. The third-order valence-electron chi connectivity index (χ3n) is 2.48. The molecule has 6 nitrogen and oxygen atoms in total. The molecule has 106 valence electrons. The van der Waals surface area contributed by atoms with Crippen molar-refractivity contribution in [3.8, 4) is 11.8 Å². The highest BCUT2D eigenvalue weighted by Crippen LogP contribution is 2.33. The van der Waals surface area contributed by atoms with Crippen molar-refractivity contribution in [1.82, 2.24) is 9.55 Å². The maximum atomic E-state index is 11.8. The Bertz CT molecular complexity index is 569. The summed E-state index contributed by atoms with van der Waals surface area (Å²) in [4.78, 5) is 15.9. The molecule has 20 heavy (non-hydrogen) atoms. The van der Waals surface area contributed by atoms with E-state index in [-0.39, 0.29) is 11.8 Å². The number of carbonyl (C=O) groups is 1. The van der Waals surface area contributed by atoms with Gasteiger partial charge in [0, 0.05) is 29.1 Å². The molecule has 0 aliphatic rings. The number of pyridine rings is 1. The number of aromatic hydroxyl groups is 2. The zero-order valence-corrected chi connectivity index (χ0v) is 12.1. The van der Waals surface area contributed by atoms with Crippen molar-refractivity contribution in [1.29, 1.82) is 0 Å². The summed E-state index contributed by atoms with van der Waals surface area (Å²) in [5, 5.41) is 19.8. The van der Waals surface area contributed by atoms with Gasteiger partial charge in [-0.1, -0.05) is 6.07 Å². The number of carbonyl (C=O) groups excluding carboxylic acids is 1. The molecule has 0 amide bonds. The number of hydrogen-bond donors (Lipinski definition) is 2. The molecule has 2 heterocycles. The van der Waals surface area contributed by atoms with Gasteiger partial charge in [-0.15, -0.1) is 0 Å². The van der Waals surface area contributed by atoms with E-state index in [0.717, 1.165) is 15.6 Å². The van der Waals surface area contributed by atoms with Gasteiger partial charge in [0.25, 0.3) is 0 Å². The lowest BCUT2D eigenvalue weighted by molar-refractivity contribution is -0.136. The topological polar surface area (TPSA) is 84.6 Å². The van der Waals surface area contributed by atoms with E-state index in [0.29, 0.717) is 5.03 Å². The average molecular weight is 312 g/mol. The quantitative estimate of drug-likeness (QED) is 0.648. The standard InChI is InChI=1S/C12H12N2O4S2/c1-8(14-10(15)5-6-11(14)16)12(17)18-20-19-9-4-2-3-7-13-9/h2-8,15-16H,1H3. The molecule has 1 atom stereocenters. The first-order chi connectivity index (χ1) is 9.59. The molecule has 0 aromatic carbocycles. The Morgan fingerprint density at radius 3 is 2.60 bits per heavy atom. The molecule has 2 aromatic rings. The zero-order valence-electron chi connectivity index (χ0n) is 10.5. The molecule has 0 fully saturated rings. The van der Waals surface area contributed by atoms with Crippen LogP contribution < -0.4 is 0 Å². The first kappa shape index (κ1) is 14.6. The molecule has 2 aromatic heterocycles. The van der Waals surface area contributed by atoms with Gasteiger partial charge < -0.3 is 14.4 Å². The predicted molar refractivity (Wildman–Crippen MR) is 76.2 cm³/mol. The van der Waals surface area contributed by atoms with Crippen molar-refractivity contribution >= 4 is 27.8 Å². The van der Waals surface area contributed by atoms with E-state index in [4.69, 9.17) is 4.18 Å². The third kappa shape index (κ3) is 3.40. The molecule has 0 aliphatic carbocycles. The maximum absolute atomic E-state index is 11.8. The van der Waals surface area contributed by atoms with Crippen LogP contribution in [0.2, 0.25) is 0 Å². The van der Waals surface area contributed by atoms with Crippen molar-refractivity contribution in [3.05, 3.63) is 36.5 Å². The van der Waals surface area contributed by atoms with Gasteiger partial charge >= 0.3 is 5.97 Å². The molecule has 0 aliphatic heterocycles. The molecule has 2 rings (SSSR count). The van der Waals surface area contributed by atoms with E-state index in [2.05, 4.69) is 4.98 Å². The Morgan fingerprint density at radius 2 is 2.00 bits per heavy atom. The Kier molecular flexibility index (Phi) is 4.80. The van der Waals surface area contributed by atoms with Crippen LogP contribution in [0.1, 0.15) is 13.0 Å². The number of aromatic nitrogens is 2. The summed E-state index contributed by atoms with van der Waals surface area (Å²) in [6, 6.07) is 7.18. The van der Waals surface area contributed by atoms with Crippen LogP contribution in [0.4, 0.5) is 0 Å². The molecular formula is C12H12N2O4S2. The molecular weight excluding hydrogens is 300 g/mol. The van der Waals surface area contributed by atoms with Crippen LogP contribution >= 0.6 is 21.9 Å². The van der Waals surface area contributed by atoms with Gasteiger partial charge in [0.15, 0.2) is 11.8 Å². The van der Waals surface area contributed by atoms with Gasteiger partial charge in [0.1, 0.15) is 22.1 Å². The summed E-state index contributed by atoms with van der Waals surface area (Å²) >= 11 is 0.880. The van der Waals surface area contributed by atoms with Crippen molar-refractivity contribution in [2.24, 2.45) is 0 Å². The summed E-state index contributed by atoms with van der Waals surface area (Å²) in [6.45, 7) is 1.52. The fourth-order valence-electron chi connectivity index (χ4n) is 1.48. The molecule has 2 N–H and O–H groups in total. The highest BCUT2D eigenvalue weighted by molar-refractivity contribution is 8.75. The Labute approximate surface area is 123 Å². The molecule has 0 radical (unpaired) electrons. The molecule has 8 heteroatoms. The zero-order chi connectivity index (χ0) is 14.5. The minimum absolute atomic E-state index is 0.200. The normalized spacial score (nSPS) is 12.1. The average Bonchev–Trinajstić information content (AvgIpc) is 2.78. The molecule has 0 spiro atoms. The highest BCUT2D eigenvalue weighted by atomic mass is 33.1. The summed E-state index contributed by atoms with van der Waals surface area (Å²) in [5.74, 6) is -0.983. The highest BCUT2D eigenvalue weighted by Gasteiger charge is 2.22. The SMILES string of the molecule is CC(C(=O)OSSc1ccccn1)n1c(O)ccc1O. The van der Waals surface area contributed by atoms with E-state index >= 15 is 0 Å². The maximum Gasteiger partial charge on any atom is 0.341 e. The predicted octanol–water partition coefficient (Wildman–Crippen LogP) is 2.75. The van der Waals surface area contributed by atoms with E-state index < -0.39 is 12.0 Å².